The van der Waals surface area contributed by atoms with Gasteiger partial charge in [-0.1, -0.05) is 81.4 Å². The van der Waals surface area contributed by atoms with Crippen LogP contribution in [0.4, 0.5) is 48.3 Å². The lowest BCUT2D eigenvalue weighted by Crippen LogP contribution is -2.67. The molecule has 0 aliphatic heterocycles. The Bertz CT molecular complexity index is 498. The summed E-state index contributed by atoms with van der Waals surface area (Å²) in [6.45, 7) is 3.04. The van der Waals surface area contributed by atoms with Crippen molar-refractivity contribution in [2.75, 3.05) is 0 Å². The Balaban J connectivity index is 5.16. The van der Waals surface area contributed by atoms with E-state index in [1.807, 2.05) is 6.92 Å². The van der Waals surface area contributed by atoms with Crippen molar-refractivity contribution in [1.82, 2.24) is 0 Å². The molecule has 0 aromatic carbocycles. The summed E-state index contributed by atoms with van der Waals surface area (Å²) in [5.41, 5.74) is 0. The second-order valence-corrected chi connectivity index (χ2v) is 9.99. The standard InChI is InChI=1S/C17H24F11I/c1-3-4-5-6-7-8-9-10-12(2,29)11-13(18,19)14(20,21)15(22,23)16(24,25)17(26,27)28/h3-11H2,1-2H3. The zero-order valence-electron chi connectivity index (χ0n) is 15.9. The van der Waals surface area contributed by atoms with Crippen molar-refractivity contribution >= 4 is 22.6 Å². The zero-order chi connectivity index (χ0) is 23.4. The zero-order valence-corrected chi connectivity index (χ0v) is 18.1. The molecule has 176 valence electrons. The first-order valence-corrected chi connectivity index (χ1v) is 10.1. The van der Waals surface area contributed by atoms with E-state index in [1.165, 1.54) is 22.6 Å². The Hall–Kier alpha value is -0.0400. The lowest BCUT2D eigenvalue weighted by molar-refractivity contribution is -0.422. The van der Waals surface area contributed by atoms with E-state index in [0.717, 1.165) is 39.0 Å². The average Bonchev–Trinajstić information content (AvgIpc) is 2.51. The summed E-state index contributed by atoms with van der Waals surface area (Å²) < 4.78 is 142. The van der Waals surface area contributed by atoms with Crippen LogP contribution in [0.5, 0.6) is 0 Å². The monoisotopic (exact) mass is 564 g/mol. The van der Waals surface area contributed by atoms with Crippen LogP contribution < -0.4 is 0 Å². The van der Waals surface area contributed by atoms with Crippen LogP contribution in [0.2, 0.25) is 0 Å². The average molecular weight is 564 g/mol. The maximum atomic E-state index is 13.9. The van der Waals surface area contributed by atoms with Gasteiger partial charge >= 0.3 is 29.9 Å². The molecule has 0 aliphatic carbocycles. The molecule has 0 spiro atoms. The summed E-state index contributed by atoms with van der Waals surface area (Å²) in [4.78, 5) is 0. The normalized spacial score (nSPS) is 16.8. The molecule has 0 saturated carbocycles. The third kappa shape index (κ3) is 6.98. The summed E-state index contributed by atoms with van der Waals surface area (Å²) in [6, 6.07) is 0. The van der Waals surface area contributed by atoms with Crippen LogP contribution in [0.1, 0.15) is 71.6 Å². The fourth-order valence-corrected chi connectivity index (χ4v) is 3.58. The van der Waals surface area contributed by atoms with Crippen LogP contribution in [0.15, 0.2) is 0 Å². The van der Waals surface area contributed by atoms with Gasteiger partial charge in [-0.3, -0.25) is 0 Å². The molecular weight excluding hydrogens is 540 g/mol. The highest BCUT2D eigenvalue weighted by atomic mass is 127. The van der Waals surface area contributed by atoms with Crippen molar-refractivity contribution in [3.05, 3.63) is 0 Å². The van der Waals surface area contributed by atoms with Crippen molar-refractivity contribution in [1.29, 1.82) is 0 Å². The van der Waals surface area contributed by atoms with Gasteiger partial charge in [0, 0.05) is 9.84 Å². The van der Waals surface area contributed by atoms with Gasteiger partial charge in [0.05, 0.1) is 0 Å². The Morgan fingerprint density at radius 2 is 1.00 bits per heavy atom. The van der Waals surface area contributed by atoms with Gasteiger partial charge in [0.1, 0.15) is 0 Å². The minimum atomic E-state index is -7.33. The molecule has 0 radical (unpaired) electrons. The van der Waals surface area contributed by atoms with Crippen LogP contribution >= 0.6 is 22.6 Å². The van der Waals surface area contributed by atoms with E-state index < -0.39 is 39.7 Å². The molecule has 0 nitrogen and oxygen atoms in total. The molecule has 0 N–H and O–H groups in total. The van der Waals surface area contributed by atoms with Gasteiger partial charge in [0.2, 0.25) is 0 Å². The molecule has 29 heavy (non-hydrogen) atoms. The second-order valence-electron chi connectivity index (χ2n) is 7.39. The molecule has 1 atom stereocenters. The molecule has 0 saturated heterocycles. The minimum Gasteiger partial charge on any atom is -0.200 e. The van der Waals surface area contributed by atoms with Gasteiger partial charge in [-0.15, -0.1) is 0 Å². The maximum Gasteiger partial charge on any atom is 0.460 e. The van der Waals surface area contributed by atoms with Crippen molar-refractivity contribution < 1.29 is 48.3 Å². The Morgan fingerprint density at radius 1 is 0.586 bits per heavy atom. The first-order chi connectivity index (χ1) is 12.8. The van der Waals surface area contributed by atoms with Crippen molar-refractivity contribution in [3.63, 3.8) is 0 Å². The van der Waals surface area contributed by atoms with Gasteiger partial charge < -0.3 is 0 Å². The van der Waals surface area contributed by atoms with E-state index in [-0.39, 0.29) is 6.42 Å². The molecule has 0 amide bonds. The van der Waals surface area contributed by atoms with Gasteiger partial charge in [-0.05, 0) is 6.42 Å². The highest BCUT2D eigenvalue weighted by Gasteiger charge is 2.87. The molecule has 0 bridgehead atoms. The largest absolute Gasteiger partial charge is 0.460 e. The minimum absolute atomic E-state index is 0.117. The summed E-state index contributed by atoms with van der Waals surface area (Å²) in [5, 5.41) is 0. The number of rotatable bonds is 13. The molecule has 0 heterocycles. The van der Waals surface area contributed by atoms with Crippen molar-refractivity contribution in [3.8, 4) is 0 Å². The van der Waals surface area contributed by atoms with Crippen molar-refractivity contribution in [2.24, 2.45) is 0 Å². The predicted octanol–water partition coefficient (Wildman–Crippen LogP) is 8.81. The lowest BCUT2D eigenvalue weighted by atomic mass is 9.89. The van der Waals surface area contributed by atoms with Crippen molar-refractivity contribution in [2.45, 2.75) is 105 Å². The summed E-state index contributed by atoms with van der Waals surface area (Å²) >= 11 is 1.31. The Morgan fingerprint density at radius 3 is 1.41 bits per heavy atom. The summed E-state index contributed by atoms with van der Waals surface area (Å²) in [7, 11) is 0. The highest BCUT2D eigenvalue weighted by Crippen LogP contribution is 2.59. The van der Waals surface area contributed by atoms with Crippen LogP contribution in [-0.4, -0.2) is 33.3 Å². The molecule has 0 rings (SSSR count). The van der Waals surface area contributed by atoms with Crippen LogP contribution in [0.3, 0.4) is 0 Å². The third-order valence-corrected chi connectivity index (χ3v) is 5.42. The smallest absolute Gasteiger partial charge is 0.200 e. The van der Waals surface area contributed by atoms with Crippen LogP contribution in [0.25, 0.3) is 0 Å². The first kappa shape index (κ1) is 29.0. The van der Waals surface area contributed by atoms with E-state index in [4.69, 9.17) is 0 Å². The van der Waals surface area contributed by atoms with Gasteiger partial charge in [-0.25, -0.2) is 0 Å². The Kier molecular flexibility index (Phi) is 10.0. The van der Waals surface area contributed by atoms with E-state index in [9.17, 15) is 48.3 Å². The summed E-state index contributed by atoms with van der Waals surface area (Å²) in [6.07, 6.45) is -3.76. The summed E-state index contributed by atoms with van der Waals surface area (Å²) in [5.74, 6) is -27.4. The fraction of sp³-hybridized carbons (Fsp3) is 1.00. The lowest BCUT2D eigenvalue weighted by Gasteiger charge is -2.39. The van der Waals surface area contributed by atoms with Crippen LogP contribution in [-0.2, 0) is 0 Å². The van der Waals surface area contributed by atoms with Crippen LogP contribution in [0, 0.1) is 0 Å². The third-order valence-electron chi connectivity index (χ3n) is 4.50. The van der Waals surface area contributed by atoms with Gasteiger partial charge in [-0.2, -0.15) is 48.3 Å². The number of alkyl halides is 12. The second kappa shape index (κ2) is 10.1. The number of hydrogen-bond donors (Lipinski definition) is 0. The number of hydrogen-bond acceptors (Lipinski definition) is 0. The molecule has 1 unspecified atom stereocenters. The molecule has 0 aromatic rings. The topological polar surface area (TPSA) is 0 Å². The first-order valence-electron chi connectivity index (χ1n) is 9.04. The van der Waals surface area contributed by atoms with E-state index in [2.05, 4.69) is 0 Å². The molecule has 0 aliphatic rings. The molecule has 0 aromatic heterocycles. The Labute approximate surface area is 176 Å². The van der Waals surface area contributed by atoms with E-state index in [0.29, 0.717) is 12.8 Å². The molecule has 12 heteroatoms. The quantitative estimate of drug-likeness (QED) is 0.0908. The molecular formula is C17H24F11I. The van der Waals surface area contributed by atoms with E-state index in [1.54, 1.807) is 0 Å². The SMILES string of the molecule is CCCCCCCCCC(C)(I)CC(F)(F)C(F)(F)C(F)(F)C(F)(F)C(F)(F)F. The highest BCUT2D eigenvalue weighted by molar-refractivity contribution is 14.1. The van der Waals surface area contributed by atoms with Gasteiger partial charge in [0.25, 0.3) is 0 Å². The number of unbranched alkanes of at least 4 members (excludes halogenated alkanes) is 6. The maximum absolute atomic E-state index is 13.9. The fourth-order valence-electron chi connectivity index (χ4n) is 2.72. The molecule has 0 fully saturated rings. The van der Waals surface area contributed by atoms with E-state index >= 15 is 0 Å². The number of halogens is 12. The van der Waals surface area contributed by atoms with Gasteiger partial charge in [0.15, 0.2) is 0 Å². The predicted molar refractivity (Wildman–Crippen MR) is 95.5 cm³/mol.